The molecule has 0 atom stereocenters. The summed E-state index contributed by atoms with van der Waals surface area (Å²) in [7, 11) is -1.83. The highest BCUT2D eigenvalue weighted by atomic mass is 16.6. The van der Waals surface area contributed by atoms with Crippen LogP contribution in [0.5, 0.6) is 5.75 Å². The third-order valence-electron chi connectivity index (χ3n) is 2.31. The molecule has 0 radical (unpaired) electrons. The van der Waals surface area contributed by atoms with Crippen molar-refractivity contribution in [1.82, 2.24) is 0 Å². The maximum absolute atomic E-state index is 11.4. The summed E-state index contributed by atoms with van der Waals surface area (Å²) in [5.41, 5.74) is 0.677. The van der Waals surface area contributed by atoms with Gasteiger partial charge < -0.3 is 20.0 Å². The molecule has 0 saturated heterocycles. The van der Waals surface area contributed by atoms with Crippen molar-refractivity contribution in [2.45, 2.75) is 12.8 Å². The Bertz CT molecular complexity index is 375. The number of benzene rings is 1. The molecule has 16 heavy (non-hydrogen) atoms. The van der Waals surface area contributed by atoms with Gasteiger partial charge in [-0.15, -0.1) is 0 Å². The van der Waals surface area contributed by atoms with E-state index in [1.165, 1.54) is 0 Å². The lowest BCUT2D eigenvalue weighted by molar-refractivity contribution is -0.117. The summed E-state index contributed by atoms with van der Waals surface area (Å²) in [6.07, 6.45) is 1.92. The fourth-order valence-electron chi connectivity index (χ4n) is 1.33. The van der Waals surface area contributed by atoms with E-state index in [1.807, 2.05) is 0 Å². The van der Waals surface area contributed by atoms with Crippen molar-refractivity contribution in [1.29, 1.82) is 0 Å². The van der Waals surface area contributed by atoms with Crippen molar-refractivity contribution in [3.05, 3.63) is 24.3 Å². The number of carbonyl (C=O) groups excluding carboxylic acids is 1. The second-order valence-electron chi connectivity index (χ2n) is 3.73. The number of amides is 1. The van der Waals surface area contributed by atoms with Crippen LogP contribution in [0.1, 0.15) is 12.8 Å². The molecule has 0 unspecified atom stereocenters. The van der Waals surface area contributed by atoms with E-state index < -0.39 is 7.32 Å². The van der Waals surface area contributed by atoms with Crippen LogP contribution in [0.15, 0.2) is 24.3 Å². The lowest BCUT2D eigenvalue weighted by Crippen LogP contribution is -2.20. The topological polar surface area (TPSA) is 78.8 Å². The minimum atomic E-state index is -1.83. The standard InChI is InChI=1S/C10H12BNO4/c13-10(7-1-2-7)12-8-3-5-9(6-4-8)16-11(14)15/h3-7,14-15H,1-2H2,(H,12,13). The molecule has 0 heterocycles. The molecule has 1 aromatic rings. The van der Waals surface area contributed by atoms with Gasteiger partial charge in [0.25, 0.3) is 0 Å². The minimum absolute atomic E-state index is 0.0378. The highest BCUT2D eigenvalue weighted by Crippen LogP contribution is 2.30. The largest absolute Gasteiger partial charge is 0.707 e. The third-order valence-corrected chi connectivity index (χ3v) is 2.31. The Hall–Kier alpha value is -1.53. The van der Waals surface area contributed by atoms with E-state index in [-0.39, 0.29) is 11.8 Å². The molecule has 0 aliphatic heterocycles. The molecule has 1 fully saturated rings. The molecule has 3 N–H and O–H groups in total. The number of anilines is 1. The van der Waals surface area contributed by atoms with Crippen molar-refractivity contribution < 1.29 is 19.5 Å². The van der Waals surface area contributed by atoms with Gasteiger partial charge >= 0.3 is 7.32 Å². The Morgan fingerprint density at radius 1 is 1.31 bits per heavy atom. The first-order valence-electron chi connectivity index (χ1n) is 5.09. The van der Waals surface area contributed by atoms with Crippen LogP contribution >= 0.6 is 0 Å². The van der Waals surface area contributed by atoms with E-state index in [9.17, 15) is 4.79 Å². The van der Waals surface area contributed by atoms with Gasteiger partial charge in [-0.1, -0.05) is 0 Å². The van der Waals surface area contributed by atoms with Gasteiger partial charge in [0, 0.05) is 11.6 Å². The Kier molecular flexibility index (Phi) is 3.12. The number of hydrogen-bond donors (Lipinski definition) is 3. The summed E-state index contributed by atoms with van der Waals surface area (Å²) < 4.78 is 4.63. The normalized spacial score (nSPS) is 14.4. The molecule has 5 nitrogen and oxygen atoms in total. The van der Waals surface area contributed by atoms with Gasteiger partial charge in [-0.05, 0) is 37.1 Å². The zero-order chi connectivity index (χ0) is 11.5. The zero-order valence-electron chi connectivity index (χ0n) is 8.59. The summed E-state index contributed by atoms with van der Waals surface area (Å²) in [6, 6.07) is 6.42. The van der Waals surface area contributed by atoms with Crippen molar-refractivity contribution >= 4 is 18.9 Å². The smallest absolute Gasteiger partial charge is 0.512 e. The number of hydrogen-bond acceptors (Lipinski definition) is 4. The van der Waals surface area contributed by atoms with Crippen LogP contribution in [-0.2, 0) is 4.79 Å². The monoisotopic (exact) mass is 221 g/mol. The maximum atomic E-state index is 11.4. The second kappa shape index (κ2) is 4.55. The molecule has 1 saturated carbocycles. The molecule has 1 amide bonds. The van der Waals surface area contributed by atoms with Crippen LogP contribution in [0.2, 0.25) is 0 Å². The number of rotatable bonds is 4. The van der Waals surface area contributed by atoms with Gasteiger partial charge in [0.2, 0.25) is 5.91 Å². The van der Waals surface area contributed by atoms with Gasteiger partial charge in [0.15, 0.2) is 0 Å². The molecule has 6 heteroatoms. The Morgan fingerprint density at radius 3 is 2.44 bits per heavy atom. The van der Waals surface area contributed by atoms with E-state index >= 15 is 0 Å². The van der Waals surface area contributed by atoms with Crippen LogP contribution in [0, 0.1) is 5.92 Å². The van der Waals surface area contributed by atoms with Gasteiger partial charge in [-0.2, -0.15) is 0 Å². The minimum Gasteiger partial charge on any atom is -0.512 e. The average molecular weight is 221 g/mol. The molecule has 1 aromatic carbocycles. The quantitative estimate of drug-likeness (QED) is 0.642. The number of carbonyl (C=O) groups is 1. The summed E-state index contributed by atoms with van der Waals surface area (Å²) >= 11 is 0. The molecule has 0 aromatic heterocycles. The fourth-order valence-corrected chi connectivity index (χ4v) is 1.33. The maximum Gasteiger partial charge on any atom is 0.707 e. The SMILES string of the molecule is O=C(Nc1ccc(OB(O)O)cc1)C1CC1. The first-order valence-corrected chi connectivity index (χ1v) is 5.09. The molecule has 84 valence electrons. The van der Waals surface area contributed by atoms with Gasteiger partial charge in [-0.3, -0.25) is 4.79 Å². The fraction of sp³-hybridized carbons (Fsp3) is 0.300. The predicted molar refractivity (Wildman–Crippen MR) is 58.6 cm³/mol. The molecular weight excluding hydrogens is 209 g/mol. The van der Waals surface area contributed by atoms with Crippen molar-refractivity contribution in [2.24, 2.45) is 5.92 Å². The Labute approximate surface area is 93.2 Å². The molecule has 0 spiro atoms. The predicted octanol–water partition coefficient (Wildman–Crippen LogP) is 0.383. The van der Waals surface area contributed by atoms with Crippen LogP contribution in [0.25, 0.3) is 0 Å². The van der Waals surface area contributed by atoms with Crippen LogP contribution in [0.4, 0.5) is 5.69 Å². The summed E-state index contributed by atoms with van der Waals surface area (Å²) in [6.45, 7) is 0. The van der Waals surface area contributed by atoms with E-state index in [4.69, 9.17) is 10.0 Å². The second-order valence-corrected chi connectivity index (χ2v) is 3.73. The van der Waals surface area contributed by atoms with E-state index in [0.717, 1.165) is 12.8 Å². The first kappa shape index (κ1) is 11.0. The average Bonchev–Trinajstić information content (AvgIpc) is 3.03. The van der Waals surface area contributed by atoms with Crippen molar-refractivity contribution in [3.63, 3.8) is 0 Å². The van der Waals surface area contributed by atoms with Crippen LogP contribution in [0.3, 0.4) is 0 Å². The highest BCUT2D eigenvalue weighted by molar-refractivity contribution is 6.33. The van der Waals surface area contributed by atoms with Crippen LogP contribution < -0.4 is 9.97 Å². The number of nitrogens with one attached hydrogen (secondary N) is 1. The highest BCUT2D eigenvalue weighted by Gasteiger charge is 2.29. The summed E-state index contributed by atoms with van der Waals surface area (Å²) in [5, 5.41) is 19.9. The van der Waals surface area contributed by atoms with E-state index in [0.29, 0.717) is 11.4 Å². The van der Waals surface area contributed by atoms with Gasteiger partial charge in [0.05, 0.1) is 0 Å². The molecule has 2 rings (SSSR count). The molecular formula is C10H12BNO4. The summed E-state index contributed by atoms with van der Waals surface area (Å²) in [4.78, 5) is 11.4. The molecule has 0 bridgehead atoms. The third kappa shape index (κ3) is 2.98. The Morgan fingerprint density at radius 2 is 1.94 bits per heavy atom. The lowest BCUT2D eigenvalue weighted by atomic mass is 10.2. The molecule has 1 aliphatic rings. The zero-order valence-corrected chi connectivity index (χ0v) is 8.59. The Balaban J connectivity index is 1.93. The first-order chi connectivity index (χ1) is 7.65. The van der Waals surface area contributed by atoms with Gasteiger partial charge in [0.1, 0.15) is 5.75 Å². The van der Waals surface area contributed by atoms with Crippen molar-refractivity contribution in [3.8, 4) is 5.75 Å². The summed E-state index contributed by atoms with van der Waals surface area (Å²) in [5.74, 6) is 0.533. The van der Waals surface area contributed by atoms with E-state index in [2.05, 4.69) is 9.97 Å². The van der Waals surface area contributed by atoms with Gasteiger partial charge in [-0.25, -0.2) is 0 Å². The lowest BCUT2D eigenvalue weighted by Gasteiger charge is -2.07. The molecule has 1 aliphatic carbocycles. The van der Waals surface area contributed by atoms with E-state index in [1.54, 1.807) is 24.3 Å². The van der Waals surface area contributed by atoms with Crippen LogP contribution in [-0.4, -0.2) is 23.3 Å². The van der Waals surface area contributed by atoms with Crippen molar-refractivity contribution in [2.75, 3.05) is 5.32 Å².